The molecule has 0 aliphatic rings. The number of sulfonamides is 1. The van der Waals surface area contributed by atoms with Crippen LogP contribution in [-0.4, -0.2) is 49.6 Å². The van der Waals surface area contributed by atoms with Crippen molar-refractivity contribution in [3.05, 3.63) is 53.2 Å². The molecule has 2 aromatic carbocycles. The number of aromatic nitrogens is 2. The zero-order chi connectivity index (χ0) is 24.9. The molecule has 0 amide bonds. The van der Waals surface area contributed by atoms with Crippen molar-refractivity contribution in [3.8, 4) is 11.5 Å². The number of aliphatic hydroxyl groups excluding tert-OH is 1. The van der Waals surface area contributed by atoms with Gasteiger partial charge >= 0.3 is 0 Å². The maximum atomic E-state index is 11.8. The summed E-state index contributed by atoms with van der Waals surface area (Å²) in [5.74, 6) is 1.61. The van der Waals surface area contributed by atoms with Gasteiger partial charge in [0.25, 0.3) is 0 Å². The Hall–Kier alpha value is -3.28. The minimum absolute atomic E-state index is 0.168. The zero-order valence-corrected chi connectivity index (χ0v) is 20.7. The molecule has 34 heavy (non-hydrogen) atoms. The van der Waals surface area contributed by atoms with Gasteiger partial charge in [0.05, 0.1) is 37.0 Å². The maximum absolute atomic E-state index is 11.8. The highest BCUT2D eigenvalue weighted by molar-refractivity contribution is 7.92. The van der Waals surface area contributed by atoms with Crippen LogP contribution in [0.5, 0.6) is 11.5 Å². The number of hydrogen-bond donors (Lipinski definition) is 4. The smallest absolute Gasteiger partial charge is 0.229 e. The molecule has 0 fully saturated rings. The predicted molar refractivity (Wildman–Crippen MR) is 133 cm³/mol. The van der Waals surface area contributed by atoms with Gasteiger partial charge < -0.3 is 25.2 Å². The highest BCUT2D eigenvalue weighted by Gasteiger charge is 2.14. The number of aliphatic hydroxyl groups is 1. The lowest BCUT2D eigenvalue weighted by atomic mass is 10.2. The Labute approximate surface area is 203 Å². The molecule has 0 radical (unpaired) electrons. The van der Waals surface area contributed by atoms with E-state index < -0.39 is 16.1 Å². The predicted octanol–water partition coefficient (Wildman–Crippen LogP) is 4.07. The van der Waals surface area contributed by atoms with E-state index in [1.807, 2.05) is 19.1 Å². The summed E-state index contributed by atoms with van der Waals surface area (Å²) in [5.41, 5.74) is 2.21. The van der Waals surface area contributed by atoms with Crippen molar-refractivity contribution in [1.82, 2.24) is 9.97 Å². The molecule has 0 bridgehead atoms. The number of nitrogens with zero attached hydrogens (tertiary/aromatic N) is 2. The Morgan fingerprint density at radius 1 is 1.15 bits per heavy atom. The molecule has 0 saturated heterocycles. The summed E-state index contributed by atoms with van der Waals surface area (Å²) in [6.45, 7) is 3.68. The van der Waals surface area contributed by atoms with Crippen LogP contribution < -0.4 is 24.8 Å². The molecular weight excluding hydrogens is 482 g/mol. The number of nitrogens with one attached hydrogen (secondary N) is 3. The Bertz CT molecular complexity index is 1270. The zero-order valence-electron chi connectivity index (χ0n) is 19.1. The molecule has 0 aliphatic carbocycles. The van der Waals surface area contributed by atoms with E-state index in [-0.39, 0.29) is 29.1 Å². The van der Waals surface area contributed by atoms with Crippen LogP contribution in [0.1, 0.15) is 12.5 Å². The summed E-state index contributed by atoms with van der Waals surface area (Å²) in [5, 5.41) is 15.9. The third kappa shape index (κ3) is 6.86. The first kappa shape index (κ1) is 25.3. The first-order valence-corrected chi connectivity index (χ1v) is 12.5. The molecule has 3 rings (SSSR count). The van der Waals surface area contributed by atoms with E-state index >= 15 is 0 Å². The van der Waals surface area contributed by atoms with Gasteiger partial charge in [-0.15, -0.1) is 0 Å². The fraction of sp³-hybridized carbons (Fsp3) is 0.273. The maximum Gasteiger partial charge on any atom is 0.229 e. The number of halogens is 1. The largest absolute Gasteiger partial charge is 0.497 e. The lowest BCUT2D eigenvalue weighted by Gasteiger charge is -2.16. The van der Waals surface area contributed by atoms with Gasteiger partial charge in [-0.2, -0.15) is 4.98 Å². The van der Waals surface area contributed by atoms with Crippen LogP contribution in [0.4, 0.5) is 28.8 Å². The number of anilines is 5. The molecular formula is C22H26ClN5O5S. The fourth-order valence-corrected chi connectivity index (χ4v) is 3.63. The molecule has 0 spiro atoms. The third-order valence-corrected chi connectivity index (χ3v) is 5.40. The average molecular weight is 508 g/mol. The summed E-state index contributed by atoms with van der Waals surface area (Å²) >= 11 is 6.30. The fourth-order valence-electron chi connectivity index (χ4n) is 2.92. The van der Waals surface area contributed by atoms with Gasteiger partial charge in [0.1, 0.15) is 23.1 Å². The second-order valence-electron chi connectivity index (χ2n) is 7.51. The normalized spacial score (nSPS) is 12.1. The molecule has 10 nitrogen and oxygen atoms in total. The molecule has 0 saturated carbocycles. The van der Waals surface area contributed by atoms with E-state index in [9.17, 15) is 13.5 Å². The van der Waals surface area contributed by atoms with Crippen LogP contribution in [0, 0.1) is 6.92 Å². The Morgan fingerprint density at radius 2 is 1.91 bits per heavy atom. The number of ether oxygens (including phenoxy) is 2. The highest BCUT2D eigenvalue weighted by atomic mass is 35.5. The SMILES string of the molecule is COc1ccc(Nc2nc(Nc3cccc(OCC(C)O)c3C)ncc2Cl)c(NS(C)(=O)=O)c1. The van der Waals surface area contributed by atoms with Crippen LogP contribution in [0.15, 0.2) is 42.6 Å². The number of rotatable bonds is 10. The third-order valence-electron chi connectivity index (χ3n) is 4.53. The van der Waals surface area contributed by atoms with E-state index in [0.717, 1.165) is 11.8 Å². The summed E-state index contributed by atoms with van der Waals surface area (Å²) < 4.78 is 36.9. The molecule has 1 unspecified atom stereocenters. The van der Waals surface area contributed by atoms with E-state index in [0.29, 0.717) is 22.9 Å². The topological polar surface area (TPSA) is 135 Å². The van der Waals surface area contributed by atoms with Crippen LogP contribution in [0.3, 0.4) is 0 Å². The quantitative estimate of drug-likeness (QED) is 0.320. The molecule has 1 aromatic heterocycles. The molecule has 182 valence electrons. The van der Waals surface area contributed by atoms with Crippen LogP contribution in [-0.2, 0) is 10.0 Å². The van der Waals surface area contributed by atoms with Gasteiger partial charge in [0.15, 0.2) is 5.82 Å². The minimum Gasteiger partial charge on any atom is -0.497 e. The Morgan fingerprint density at radius 3 is 2.59 bits per heavy atom. The monoisotopic (exact) mass is 507 g/mol. The average Bonchev–Trinajstić information content (AvgIpc) is 2.76. The van der Waals surface area contributed by atoms with Crippen molar-refractivity contribution in [2.75, 3.05) is 35.3 Å². The van der Waals surface area contributed by atoms with Crippen molar-refractivity contribution in [1.29, 1.82) is 0 Å². The van der Waals surface area contributed by atoms with Gasteiger partial charge in [0, 0.05) is 17.3 Å². The van der Waals surface area contributed by atoms with E-state index in [4.69, 9.17) is 21.1 Å². The number of hydrogen-bond acceptors (Lipinski definition) is 9. The van der Waals surface area contributed by atoms with Gasteiger partial charge in [-0.3, -0.25) is 4.72 Å². The van der Waals surface area contributed by atoms with Crippen molar-refractivity contribution in [2.45, 2.75) is 20.0 Å². The van der Waals surface area contributed by atoms with Crippen LogP contribution in [0.25, 0.3) is 0 Å². The van der Waals surface area contributed by atoms with Gasteiger partial charge in [-0.25, -0.2) is 13.4 Å². The Kier molecular flexibility index (Phi) is 8.02. The molecule has 4 N–H and O–H groups in total. The highest BCUT2D eigenvalue weighted by Crippen LogP contribution is 2.33. The standard InChI is InChI=1S/C22H26ClN5O5S/c1-13(29)12-33-20-7-5-6-17(14(20)2)26-22-24-11-16(23)21(27-22)25-18-9-8-15(32-3)10-19(18)28-34(4,30)31/h5-11,13,28-29H,12H2,1-4H3,(H2,24,25,26,27). The van der Waals surface area contributed by atoms with E-state index in [1.165, 1.54) is 13.3 Å². The first-order valence-electron chi connectivity index (χ1n) is 10.2. The first-order chi connectivity index (χ1) is 16.1. The molecule has 1 atom stereocenters. The van der Waals surface area contributed by atoms with E-state index in [2.05, 4.69) is 25.3 Å². The lowest BCUT2D eigenvalue weighted by Crippen LogP contribution is -2.13. The minimum atomic E-state index is -3.55. The molecule has 12 heteroatoms. The van der Waals surface area contributed by atoms with Crippen LogP contribution >= 0.6 is 11.6 Å². The molecule has 3 aromatic rings. The molecule has 1 heterocycles. The van der Waals surface area contributed by atoms with E-state index in [1.54, 1.807) is 31.2 Å². The summed E-state index contributed by atoms with van der Waals surface area (Å²) in [6.07, 6.45) is 1.89. The second-order valence-corrected chi connectivity index (χ2v) is 9.67. The van der Waals surface area contributed by atoms with Gasteiger partial charge in [-0.05, 0) is 38.1 Å². The lowest BCUT2D eigenvalue weighted by molar-refractivity contribution is 0.122. The van der Waals surface area contributed by atoms with Gasteiger partial charge in [0.2, 0.25) is 16.0 Å². The van der Waals surface area contributed by atoms with Gasteiger partial charge in [-0.1, -0.05) is 17.7 Å². The van der Waals surface area contributed by atoms with Crippen LogP contribution in [0.2, 0.25) is 5.02 Å². The van der Waals surface area contributed by atoms with Crippen molar-refractivity contribution >= 4 is 50.5 Å². The van der Waals surface area contributed by atoms with Crippen molar-refractivity contribution in [2.24, 2.45) is 0 Å². The second kappa shape index (κ2) is 10.8. The van der Waals surface area contributed by atoms with Crippen molar-refractivity contribution < 1.29 is 23.0 Å². The molecule has 0 aliphatic heterocycles. The number of benzene rings is 2. The number of methoxy groups -OCH3 is 1. The summed E-state index contributed by atoms with van der Waals surface area (Å²) in [4.78, 5) is 8.66. The summed E-state index contributed by atoms with van der Waals surface area (Å²) in [6, 6.07) is 10.3. The Balaban J connectivity index is 1.88. The summed E-state index contributed by atoms with van der Waals surface area (Å²) in [7, 11) is -2.06. The van der Waals surface area contributed by atoms with Crippen molar-refractivity contribution in [3.63, 3.8) is 0 Å².